The molecule has 0 atom stereocenters. The summed E-state index contributed by atoms with van der Waals surface area (Å²) in [6.45, 7) is 2.42. The number of unbranched alkanes of at least 4 members (excludes halogenated alkanes) is 1. The highest BCUT2D eigenvalue weighted by Gasteiger charge is 2.20. The van der Waals surface area contributed by atoms with Gasteiger partial charge in [0.1, 0.15) is 4.90 Å². The van der Waals surface area contributed by atoms with Gasteiger partial charge in [-0.1, -0.05) is 13.3 Å². The molecule has 0 spiro atoms. The van der Waals surface area contributed by atoms with Crippen LogP contribution in [0.5, 0.6) is 11.5 Å². The van der Waals surface area contributed by atoms with Gasteiger partial charge in [-0.05, 0) is 28.4 Å². The lowest BCUT2D eigenvalue weighted by atomic mass is 10.3. The molecule has 108 valence electrons. The molecule has 0 aliphatic carbocycles. The van der Waals surface area contributed by atoms with Crippen LogP contribution in [-0.4, -0.2) is 29.2 Å². The predicted octanol–water partition coefficient (Wildman–Crippen LogP) is 2.54. The fourth-order valence-electron chi connectivity index (χ4n) is 1.50. The van der Waals surface area contributed by atoms with E-state index in [4.69, 9.17) is 9.47 Å². The van der Waals surface area contributed by atoms with Crippen molar-refractivity contribution >= 4 is 26.0 Å². The molecule has 0 bridgehead atoms. The zero-order chi connectivity index (χ0) is 14.5. The maximum atomic E-state index is 12.2. The number of hydrogen-bond donors (Lipinski definition) is 1. The summed E-state index contributed by atoms with van der Waals surface area (Å²) in [5, 5.41) is 0. The van der Waals surface area contributed by atoms with Crippen LogP contribution >= 0.6 is 15.9 Å². The first kappa shape index (κ1) is 16.3. The van der Waals surface area contributed by atoms with Crippen LogP contribution in [0.25, 0.3) is 0 Å². The molecule has 19 heavy (non-hydrogen) atoms. The van der Waals surface area contributed by atoms with Gasteiger partial charge in [-0.2, -0.15) is 0 Å². The summed E-state index contributed by atoms with van der Waals surface area (Å²) in [6.07, 6.45) is 1.72. The van der Waals surface area contributed by atoms with Gasteiger partial charge in [-0.3, -0.25) is 0 Å². The second-order valence-electron chi connectivity index (χ2n) is 3.89. The van der Waals surface area contributed by atoms with Crippen molar-refractivity contribution in [1.82, 2.24) is 4.72 Å². The Morgan fingerprint density at radius 3 is 2.32 bits per heavy atom. The molecule has 0 fully saturated rings. The molecule has 1 aromatic rings. The van der Waals surface area contributed by atoms with E-state index in [0.29, 0.717) is 22.5 Å². The Morgan fingerprint density at radius 2 is 1.79 bits per heavy atom. The molecule has 0 saturated carbocycles. The highest BCUT2D eigenvalue weighted by molar-refractivity contribution is 9.10. The van der Waals surface area contributed by atoms with Gasteiger partial charge in [0.05, 0.1) is 14.2 Å². The van der Waals surface area contributed by atoms with Crippen LogP contribution in [0.2, 0.25) is 0 Å². The van der Waals surface area contributed by atoms with Crippen molar-refractivity contribution in [2.24, 2.45) is 0 Å². The molecular formula is C12H18BrNO4S. The lowest BCUT2D eigenvalue weighted by Gasteiger charge is -2.12. The molecule has 5 nitrogen and oxygen atoms in total. The van der Waals surface area contributed by atoms with Crippen LogP contribution in [0.4, 0.5) is 0 Å². The van der Waals surface area contributed by atoms with E-state index < -0.39 is 10.0 Å². The normalized spacial score (nSPS) is 11.4. The van der Waals surface area contributed by atoms with E-state index in [1.807, 2.05) is 6.92 Å². The van der Waals surface area contributed by atoms with E-state index in [9.17, 15) is 8.42 Å². The van der Waals surface area contributed by atoms with Crippen LogP contribution in [-0.2, 0) is 10.0 Å². The van der Waals surface area contributed by atoms with Gasteiger partial charge < -0.3 is 9.47 Å². The van der Waals surface area contributed by atoms with Crippen LogP contribution in [0, 0.1) is 0 Å². The van der Waals surface area contributed by atoms with Gasteiger partial charge in [0.25, 0.3) is 0 Å². The number of benzene rings is 1. The quantitative estimate of drug-likeness (QED) is 0.766. The Morgan fingerprint density at radius 1 is 1.21 bits per heavy atom. The van der Waals surface area contributed by atoms with Gasteiger partial charge in [0.2, 0.25) is 10.0 Å². The standard InChI is InChI=1S/C12H18BrNO4S/c1-4-5-6-14-19(15,16)12-8-11(18-3)10(17-2)7-9(12)13/h7-8,14H,4-6H2,1-3H3. The Labute approximate surface area is 122 Å². The topological polar surface area (TPSA) is 64.6 Å². The number of hydrogen-bond acceptors (Lipinski definition) is 4. The molecular weight excluding hydrogens is 334 g/mol. The Bertz CT molecular complexity index is 531. The minimum Gasteiger partial charge on any atom is -0.493 e. The average molecular weight is 352 g/mol. The zero-order valence-electron chi connectivity index (χ0n) is 11.2. The first-order valence-electron chi connectivity index (χ1n) is 5.87. The number of nitrogens with one attached hydrogen (secondary N) is 1. The van der Waals surface area contributed by atoms with Crippen molar-refractivity contribution in [3.8, 4) is 11.5 Å². The fourth-order valence-corrected chi connectivity index (χ4v) is 3.61. The maximum absolute atomic E-state index is 12.2. The van der Waals surface area contributed by atoms with Crippen molar-refractivity contribution in [3.05, 3.63) is 16.6 Å². The molecule has 1 aromatic carbocycles. The van der Waals surface area contributed by atoms with Crippen molar-refractivity contribution in [2.75, 3.05) is 20.8 Å². The number of halogens is 1. The molecule has 0 unspecified atom stereocenters. The van der Waals surface area contributed by atoms with Crippen molar-refractivity contribution in [1.29, 1.82) is 0 Å². The summed E-state index contributed by atoms with van der Waals surface area (Å²) in [6, 6.07) is 3.02. The van der Waals surface area contributed by atoms with E-state index in [2.05, 4.69) is 20.7 Å². The molecule has 0 heterocycles. The highest BCUT2D eigenvalue weighted by atomic mass is 79.9. The molecule has 0 aliphatic heterocycles. The summed E-state index contributed by atoms with van der Waals surface area (Å²) in [7, 11) is -0.590. The van der Waals surface area contributed by atoms with Crippen molar-refractivity contribution in [2.45, 2.75) is 24.7 Å². The van der Waals surface area contributed by atoms with E-state index in [1.165, 1.54) is 20.3 Å². The predicted molar refractivity (Wildman–Crippen MR) is 77.3 cm³/mol. The van der Waals surface area contributed by atoms with E-state index in [0.717, 1.165) is 12.8 Å². The third kappa shape index (κ3) is 4.09. The number of sulfonamides is 1. The largest absolute Gasteiger partial charge is 0.493 e. The van der Waals surface area contributed by atoms with E-state index >= 15 is 0 Å². The minimum atomic E-state index is -3.55. The van der Waals surface area contributed by atoms with Gasteiger partial charge in [0, 0.05) is 17.1 Å². The first-order valence-corrected chi connectivity index (χ1v) is 8.15. The second kappa shape index (κ2) is 7.12. The molecule has 1 N–H and O–H groups in total. The summed E-state index contributed by atoms with van der Waals surface area (Å²) in [4.78, 5) is 0.140. The Kier molecular flexibility index (Phi) is 6.09. The lowest BCUT2D eigenvalue weighted by molar-refractivity contribution is 0.353. The monoisotopic (exact) mass is 351 g/mol. The molecule has 7 heteroatoms. The van der Waals surface area contributed by atoms with Crippen LogP contribution in [0.15, 0.2) is 21.5 Å². The Hall–Kier alpha value is -0.790. The zero-order valence-corrected chi connectivity index (χ0v) is 13.6. The number of methoxy groups -OCH3 is 2. The molecule has 0 aliphatic rings. The van der Waals surface area contributed by atoms with Gasteiger partial charge >= 0.3 is 0 Å². The van der Waals surface area contributed by atoms with E-state index in [1.54, 1.807) is 6.07 Å². The highest BCUT2D eigenvalue weighted by Crippen LogP contribution is 2.35. The number of ether oxygens (including phenoxy) is 2. The van der Waals surface area contributed by atoms with Gasteiger partial charge in [-0.25, -0.2) is 13.1 Å². The van der Waals surface area contributed by atoms with Crippen molar-refractivity contribution in [3.63, 3.8) is 0 Å². The second-order valence-corrected chi connectivity index (χ2v) is 6.48. The third-order valence-corrected chi connectivity index (χ3v) is 4.97. The molecule has 0 saturated heterocycles. The Balaban J connectivity index is 3.12. The SMILES string of the molecule is CCCCNS(=O)(=O)c1cc(OC)c(OC)cc1Br. The fraction of sp³-hybridized carbons (Fsp3) is 0.500. The molecule has 1 rings (SSSR count). The summed E-state index contributed by atoms with van der Waals surface area (Å²) in [5.74, 6) is 0.850. The van der Waals surface area contributed by atoms with Gasteiger partial charge in [0.15, 0.2) is 11.5 Å². The average Bonchev–Trinajstić information content (AvgIpc) is 2.38. The van der Waals surface area contributed by atoms with Crippen LogP contribution in [0.1, 0.15) is 19.8 Å². The number of rotatable bonds is 7. The molecule has 0 amide bonds. The van der Waals surface area contributed by atoms with E-state index in [-0.39, 0.29) is 4.90 Å². The lowest BCUT2D eigenvalue weighted by Crippen LogP contribution is -2.25. The molecule has 0 aromatic heterocycles. The van der Waals surface area contributed by atoms with Crippen LogP contribution in [0.3, 0.4) is 0 Å². The van der Waals surface area contributed by atoms with Crippen molar-refractivity contribution < 1.29 is 17.9 Å². The summed E-state index contributed by atoms with van der Waals surface area (Å²) in [5.41, 5.74) is 0. The van der Waals surface area contributed by atoms with Crippen LogP contribution < -0.4 is 14.2 Å². The van der Waals surface area contributed by atoms with Gasteiger partial charge in [-0.15, -0.1) is 0 Å². The first-order chi connectivity index (χ1) is 8.96. The summed E-state index contributed by atoms with van der Waals surface area (Å²) >= 11 is 3.24. The third-order valence-electron chi connectivity index (χ3n) is 2.55. The summed E-state index contributed by atoms with van der Waals surface area (Å²) < 4.78 is 37.5. The molecule has 0 radical (unpaired) electrons. The smallest absolute Gasteiger partial charge is 0.241 e. The minimum absolute atomic E-state index is 0.140. The maximum Gasteiger partial charge on any atom is 0.241 e.